The Morgan fingerprint density at radius 3 is 1.65 bits per heavy atom. The molecule has 0 unspecified atom stereocenters. The van der Waals surface area contributed by atoms with Crippen molar-refractivity contribution in [2.75, 3.05) is 6.61 Å². The highest BCUT2D eigenvalue weighted by Crippen LogP contribution is 2.10. The molecule has 5 nitrogen and oxygen atoms in total. The SMILES string of the molecule is O=c1ccn(CCCO[Si](c2ccccc2)(c2ccccc2)c2ccccc2)c(=O)[nH]1. The average molecular weight is 429 g/mol. The largest absolute Gasteiger partial charge is 0.404 e. The van der Waals surface area contributed by atoms with Gasteiger partial charge in [-0.25, -0.2) is 4.79 Å². The van der Waals surface area contributed by atoms with Crippen molar-refractivity contribution in [3.05, 3.63) is 124 Å². The zero-order valence-electron chi connectivity index (χ0n) is 17.1. The molecule has 1 aromatic heterocycles. The Balaban J connectivity index is 1.68. The summed E-state index contributed by atoms with van der Waals surface area (Å²) in [5.74, 6) is 0. The standard InChI is InChI=1S/C25H24N2O3Si/c28-24-17-19-27(25(29)26-24)18-10-20-30-31(21-11-4-1-5-12-21,22-13-6-2-7-14-22)23-15-8-3-9-16-23/h1-9,11-17,19H,10,18,20H2,(H,26,28,29). The van der Waals surface area contributed by atoms with E-state index in [4.69, 9.17) is 4.43 Å². The quantitative estimate of drug-likeness (QED) is 0.263. The van der Waals surface area contributed by atoms with Crippen LogP contribution in [0.4, 0.5) is 0 Å². The second kappa shape index (κ2) is 9.55. The van der Waals surface area contributed by atoms with Gasteiger partial charge in [0.05, 0.1) is 0 Å². The van der Waals surface area contributed by atoms with Crippen molar-refractivity contribution in [3.63, 3.8) is 0 Å². The van der Waals surface area contributed by atoms with Crippen molar-refractivity contribution in [2.45, 2.75) is 13.0 Å². The molecule has 0 aliphatic rings. The molecule has 0 aliphatic heterocycles. The number of rotatable bonds is 8. The van der Waals surface area contributed by atoms with Crippen LogP contribution >= 0.6 is 0 Å². The fraction of sp³-hybridized carbons (Fsp3) is 0.120. The van der Waals surface area contributed by atoms with Crippen molar-refractivity contribution >= 4 is 23.9 Å². The molecule has 1 heterocycles. The van der Waals surface area contributed by atoms with E-state index < -0.39 is 14.0 Å². The highest BCUT2D eigenvalue weighted by atomic mass is 28.4. The number of hydrogen-bond acceptors (Lipinski definition) is 3. The van der Waals surface area contributed by atoms with Gasteiger partial charge in [0.2, 0.25) is 0 Å². The van der Waals surface area contributed by atoms with E-state index in [0.717, 1.165) is 0 Å². The van der Waals surface area contributed by atoms with Gasteiger partial charge in [-0.05, 0) is 22.0 Å². The van der Waals surface area contributed by atoms with Gasteiger partial charge in [-0.15, -0.1) is 0 Å². The summed E-state index contributed by atoms with van der Waals surface area (Å²) in [6.07, 6.45) is 2.17. The van der Waals surface area contributed by atoms with Gasteiger partial charge in [0, 0.05) is 25.4 Å². The Bertz CT molecular complexity index is 1130. The maximum atomic E-state index is 12.0. The third-order valence-corrected chi connectivity index (χ3v) is 9.38. The normalized spacial score (nSPS) is 11.4. The first-order valence-corrected chi connectivity index (χ1v) is 12.2. The summed E-state index contributed by atoms with van der Waals surface area (Å²) in [5.41, 5.74) is -0.786. The summed E-state index contributed by atoms with van der Waals surface area (Å²) in [4.78, 5) is 25.6. The van der Waals surface area contributed by atoms with Crippen LogP contribution in [0.25, 0.3) is 0 Å². The van der Waals surface area contributed by atoms with Crippen LogP contribution in [-0.2, 0) is 11.0 Å². The first kappa shape index (κ1) is 20.8. The van der Waals surface area contributed by atoms with Crippen molar-refractivity contribution < 1.29 is 4.43 Å². The van der Waals surface area contributed by atoms with Crippen molar-refractivity contribution in [1.82, 2.24) is 9.55 Å². The van der Waals surface area contributed by atoms with E-state index in [1.165, 1.54) is 32.4 Å². The molecular weight excluding hydrogens is 404 g/mol. The fourth-order valence-corrected chi connectivity index (χ4v) is 7.79. The summed E-state index contributed by atoms with van der Waals surface area (Å²) in [7, 11) is -2.73. The van der Waals surface area contributed by atoms with E-state index in [2.05, 4.69) is 41.4 Å². The van der Waals surface area contributed by atoms with E-state index in [9.17, 15) is 9.59 Å². The first-order valence-electron chi connectivity index (χ1n) is 10.3. The minimum atomic E-state index is -2.73. The number of hydrogen-bond donors (Lipinski definition) is 1. The number of aromatic amines is 1. The van der Waals surface area contributed by atoms with E-state index in [0.29, 0.717) is 19.6 Å². The molecule has 31 heavy (non-hydrogen) atoms. The Hall–Kier alpha value is -3.48. The summed E-state index contributed by atoms with van der Waals surface area (Å²) in [5, 5.41) is 3.52. The molecule has 0 saturated carbocycles. The average Bonchev–Trinajstić information content (AvgIpc) is 2.82. The Kier molecular flexibility index (Phi) is 6.40. The van der Waals surface area contributed by atoms with E-state index in [1.54, 1.807) is 0 Å². The molecular formula is C25H24N2O3Si. The van der Waals surface area contributed by atoms with Gasteiger partial charge in [0.1, 0.15) is 0 Å². The zero-order valence-corrected chi connectivity index (χ0v) is 18.1. The predicted molar refractivity (Wildman–Crippen MR) is 126 cm³/mol. The van der Waals surface area contributed by atoms with Crippen LogP contribution in [0.2, 0.25) is 0 Å². The monoisotopic (exact) mass is 428 g/mol. The van der Waals surface area contributed by atoms with Crippen molar-refractivity contribution in [2.24, 2.45) is 0 Å². The van der Waals surface area contributed by atoms with Gasteiger partial charge in [-0.1, -0.05) is 91.0 Å². The smallest absolute Gasteiger partial charge is 0.328 e. The molecule has 0 saturated heterocycles. The zero-order chi connectivity index (χ0) is 21.5. The van der Waals surface area contributed by atoms with Gasteiger partial charge >= 0.3 is 5.69 Å². The minimum Gasteiger partial charge on any atom is -0.404 e. The lowest BCUT2D eigenvalue weighted by atomic mass is 10.3. The maximum absolute atomic E-state index is 12.0. The summed E-state index contributed by atoms with van der Waals surface area (Å²) in [6, 6.07) is 32.5. The maximum Gasteiger partial charge on any atom is 0.328 e. The molecule has 6 heteroatoms. The van der Waals surface area contributed by atoms with Gasteiger partial charge in [-0.3, -0.25) is 9.78 Å². The van der Waals surface area contributed by atoms with Crippen LogP contribution in [0.1, 0.15) is 6.42 Å². The summed E-state index contributed by atoms with van der Waals surface area (Å²) in [6.45, 7) is 0.953. The lowest BCUT2D eigenvalue weighted by molar-refractivity contribution is 0.305. The Labute approximate surface area is 181 Å². The topological polar surface area (TPSA) is 64.1 Å². The number of nitrogens with zero attached hydrogens (tertiary/aromatic N) is 1. The Morgan fingerprint density at radius 1 is 0.710 bits per heavy atom. The Morgan fingerprint density at radius 2 is 1.19 bits per heavy atom. The molecule has 0 aliphatic carbocycles. The van der Waals surface area contributed by atoms with Crippen LogP contribution < -0.4 is 26.8 Å². The molecule has 0 spiro atoms. The van der Waals surface area contributed by atoms with E-state index in [1.807, 2.05) is 54.6 Å². The van der Waals surface area contributed by atoms with Gasteiger partial charge in [-0.2, -0.15) is 0 Å². The third kappa shape index (κ3) is 4.50. The van der Waals surface area contributed by atoms with Crippen molar-refractivity contribution in [1.29, 1.82) is 0 Å². The fourth-order valence-electron chi connectivity index (χ4n) is 3.85. The molecule has 3 aromatic carbocycles. The number of aromatic nitrogens is 2. The van der Waals surface area contributed by atoms with Crippen LogP contribution in [0.5, 0.6) is 0 Å². The molecule has 0 amide bonds. The molecule has 0 bridgehead atoms. The molecule has 156 valence electrons. The first-order chi connectivity index (χ1) is 15.2. The number of H-pyrrole nitrogens is 1. The van der Waals surface area contributed by atoms with Crippen molar-refractivity contribution in [3.8, 4) is 0 Å². The molecule has 1 N–H and O–H groups in total. The van der Waals surface area contributed by atoms with Gasteiger partial charge in [0.15, 0.2) is 0 Å². The molecule has 0 atom stereocenters. The second-order valence-electron chi connectivity index (χ2n) is 7.28. The van der Waals surface area contributed by atoms with Crippen LogP contribution in [-0.4, -0.2) is 24.5 Å². The predicted octanol–water partition coefficient (Wildman–Crippen LogP) is 1.61. The highest BCUT2D eigenvalue weighted by molar-refractivity contribution is 7.07. The van der Waals surface area contributed by atoms with Crippen LogP contribution in [0.3, 0.4) is 0 Å². The second-order valence-corrected chi connectivity index (χ2v) is 10.7. The van der Waals surface area contributed by atoms with Crippen LogP contribution in [0, 0.1) is 0 Å². The van der Waals surface area contributed by atoms with Gasteiger partial charge < -0.3 is 8.99 Å². The third-order valence-electron chi connectivity index (χ3n) is 5.30. The number of benzene rings is 3. The molecule has 4 aromatic rings. The molecule has 4 rings (SSSR count). The summed E-state index contributed by atoms with van der Waals surface area (Å²) < 4.78 is 8.33. The lowest BCUT2D eigenvalue weighted by Gasteiger charge is -2.33. The highest BCUT2D eigenvalue weighted by Gasteiger charge is 2.41. The van der Waals surface area contributed by atoms with Gasteiger partial charge in [0.25, 0.3) is 13.9 Å². The number of nitrogens with one attached hydrogen (secondary N) is 1. The minimum absolute atomic E-state index is 0.388. The van der Waals surface area contributed by atoms with E-state index >= 15 is 0 Å². The lowest BCUT2D eigenvalue weighted by Crippen LogP contribution is -2.69. The summed E-state index contributed by atoms with van der Waals surface area (Å²) >= 11 is 0. The number of aryl methyl sites for hydroxylation is 1. The molecule has 0 fully saturated rings. The molecule has 0 radical (unpaired) electrons. The van der Waals surface area contributed by atoms with E-state index in [-0.39, 0.29) is 5.56 Å². The van der Waals surface area contributed by atoms with Crippen LogP contribution in [0.15, 0.2) is 113 Å².